The SMILES string of the molecule is O=C1c2ccccc2C(=O)N1CCN1CCOCCN(CCN2C(=O)c3ccccc3C2=O)CCOCC1. The van der Waals surface area contributed by atoms with Crippen molar-refractivity contribution in [3.05, 3.63) is 70.8 Å². The van der Waals surface area contributed by atoms with Crippen LogP contribution in [-0.2, 0) is 9.47 Å². The van der Waals surface area contributed by atoms with Crippen molar-refractivity contribution >= 4 is 23.6 Å². The number of carbonyl (C=O) groups excluding carboxylic acids is 4. The Balaban J connectivity index is 1.07. The Labute approximate surface area is 221 Å². The Kier molecular flexibility index (Phi) is 8.23. The first-order valence-corrected chi connectivity index (χ1v) is 13.1. The highest BCUT2D eigenvalue weighted by molar-refractivity contribution is 6.22. The zero-order valence-corrected chi connectivity index (χ0v) is 21.3. The first kappa shape index (κ1) is 26.2. The summed E-state index contributed by atoms with van der Waals surface area (Å²) in [6, 6.07) is 13.8. The average Bonchev–Trinajstić information content (AvgIpc) is 3.32. The number of amides is 4. The predicted octanol–water partition coefficient (Wildman–Crippen LogP) is 1.23. The molecule has 0 atom stereocenters. The molecule has 3 aliphatic rings. The summed E-state index contributed by atoms with van der Waals surface area (Å²) in [5.74, 6) is -0.968. The summed E-state index contributed by atoms with van der Waals surface area (Å²) < 4.78 is 11.8. The van der Waals surface area contributed by atoms with E-state index in [0.717, 1.165) is 0 Å². The highest BCUT2D eigenvalue weighted by Crippen LogP contribution is 2.23. The number of imide groups is 2. The first-order chi connectivity index (χ1) is 18.5. The second kappa shape index (κ2) is 12.0. The predicted molar refractivity (Wildman–Crippen MR) is 138 cm³/mol. The third-order valence-corrected chi connectivity index (χ3v) is 7.24. The molecule has 0 N–H and O–H groups in total. The van der Waals surface area contributed by atoms with Crippen LogP contribution < -0.4 is 0 Å². The van der Waals surface area contributed by atoms with Gasteiger partial charge in [-0.2, -0.15) is 0 Å². The molecule has 0 aliphatic carbocycles. The zero-order chi connectivity index (χ0) is 26.5. The molecule has 0 aromatic heterocycles. The fourth-order valence-electron chi connectivity index (χ4n) is 5.02. The highest BCUT2D eigenvalue weighted by Gasteiger charge is 2.36. The summed E-state index contributed by atoms with van der Waals surface area (Å²) in [5.41, 5.74) is 1.85. The van der Waals surface area contributed by atoms with Crippen molar-refractivity contribution in [1.29, 1.82) is 0 Å². The monoisotopic (exact) mass is 520 g/mol. The Morgan fingerprint density at radius 1 is 0.474 bits per heavy atom. The Bertz CT molecular complexity index is 1040. The van der Waals surface area contributed by atoms with Gasteiger partial charge < -0.3 is 9.47 Å². The number of rotatable bonds is 6. The molecule has 5 rings (SSSR count). The molecule has 4 amide bonds. The standard InChI is InChI=1S/C28H32N4O6/c33-25-21-5-1-2-6-22(21)26(34)31(25)11-9-29-13-17-37-19-15-30(16-20-38-18-14-29)10-12-32-27(35)23-7-3-4-8-24(23)28(32)36/h1-8H,9-20H2. The lowest BCUT2D eigenvalue weighted by Gasteiger charge is -2.27. The van der Waals surface area contributed by atoms with Crippen LogP contribution in [0.25, 0.3) is 0 Å². The van der Waals surface area contributed by atoms with E-state index in [4.69, 9.17) is 9.47 Å². The molecule has 10 nitrogen and oxygen atoms in total. The Hall–Kier alpha value is -3.44. The molecular weight excluding hydrogens is 488 g/mol. The van der Waals surface area contributed by atoms with Crippen molar-refractivity contribution < 1.29 is 28.7 Å². The van der Waals surface area contributed by atoms with Crippen LogP contribution in [0.4, 0.5) is 0 Å². The van der Waals surface area contributed by atoms with E-state index in [9.17, 15) is 19.2 Å². The lowest BCUT2D eigenvalue weighted by molar-refractivity contribution is 0.0329. The van der Waals surface area contributed by atoms with Crippen LogP contribution in [0.3, 0.4) is 0 Å². The lowest BCUT2D eigenvalue weighted by atomic mass is 10.1. The molecule has 38 heavy (non-hydrogen) atoms. The van der Waals surface area contributed by atoms with E-state index in [0.29, 0.717) is 101 Å². The molecule has 3 aliphatic heterocycles. The van der Waals surface area contributed by atoms with Crippen molar-refractivity contribution in [2.45, 2.75) is 0 Å². The molecule has 1 fully saturated rings. The van der Waals surface area contributed by atoms with Gasteiger partial charge >= 0.3 is 0 Å². The molecule has 10 heteroatoms. The van der Waals surface area contributed by atoms with Gasteiger partial charge in [0.1, 0.15) is 0 Å². The molecule has 0 spiro atoms. The van der Waals surface area contributed by atoms with Crippen LogP contribution in [0.2, 0.25) is 0 Å². The topological polar surface area (TPSA) is 99.7 Å². The van der Waals surface area contributed by atoms with Crippen molar-refractivity contribution in [1.82, 2.24) is 19.6 Å². The number of benzene rings is 2. The van der Waals surface area contributed by atoms with Crippen LogP contribution in [-0.4, -0.2) is 122 Å². The van der Waals surface area contributed by atoms with Gasteiger partial charge in [0.2, 0.25) is 0 Å². The number of hydrogen-bond acceptors (Lipinski definition) is 8. The van der Waals surface area contributed by atoms with Gasteiger partial charge in [-0.15, -0.1) is 0 Å². The maximum absolute atomic E-state index is 12.6. The summed E-state index contributed by atoms with van der Waals surface area (Å²) in [5, 5.41) is 0. The minimum absolute atomic E-state index is 0.242. The molecule has 200 valence electrons. The van der Waals surface area contributed by atoms with Crippen LogP contribution in [0, 0.1) is 0 Å². The fourth-order valence-corrected chi connectivity index (χ4v) is 5.02. The lowest BCUT2D eigenvalue weighted by Crippen LogP contribution is -2.42. The number of fused-ring (bicyclic) bond motifs is 2. The van der Waals surface area contributed by atoms with Gasteiger partial charge in [-0.05, 0) is 24.3 Å². The van der Waals surface area contributed by atoms with E-state index >= 15 is 0 Å². The molecule has 0 radical (unpaired) electrons. The largest absolute Gasteiger partial charge is 0.379 e. The quantitative estimate of drug-likeness (QED) is 0.525. The van der Waals surface area contributed by atoms with Crippen molar-refractivity contribution in [3.63, 3.8) is 0 Å². The normalized spacial score (nSPS) is 19.9. The first-order valence-electron chi connectivity index (χ1n) is 13.1. The summed E-state index contributed by atoms with van der Waals surface area (Å²) >= 11 is 0. The van der Waals surface area contributed by atoms with Gasteiger partial charge in [0.05, 0.1) is 48.7 Å². The summed E-state index contributed by atoms with van der Waals surface area (Å²) in [6.45, 7) is 6.38. The van der Waals surface area contributed by atoms with Crippen LogP contribution in [0.1, 0.15) is 41.4 Å². The molecule has 3 heterocycles. The van der Waals surface area contributed by atoms with Crippen LogP contribution >= 0.6 is 0 Å². The number of carbonyl (C=O) groups is 4. The zero-order valence-electron chi connectivity index (χ0n) is 21.3. The second-order valence-corrected chi connectivity index (χ2v) is 9.52. The van der Waals surface area contributed by atoms with E-state index in [2.05, 4.69) is 9.80 Å². The molecule has 0 saturated carbocycles. The van der Waals surface area contributed by atoms with E-state index in [1.165, 1.54) is 9.80 Å². The highest BCUT2D eigenvalue weighted by atomic mass is 16.5. The van der Waals surface area contributed by atoms with E-state index in [1.54, 1.807) is 48.5 Å². The van der Waals surface area contributed by atoms with Gasteiger partial charge in [-0.25, -0.2) is 0 Å². The summed E-state index contributed by atoms with van der Waals surface area (Å²) in [4.78, 5) is 57.5. The summed E-state index contributed by atoms with van der Waals surface area (Å²) in [7, 11) is 0. The van der Waals surface area contributed by atoms with Gasteiger partial charge in [-0.3, -0.25) is 38.8 Å². The number of hydrogen-bond donors (Lipinski definition) is 0. The number of ether oxygens (including phenoxy) is 2. The molecule has 0 bridgehead atoms. The third kappa shape index (κ3) is 5.53. The van der Waals surface area contributed by atoms with E-state index in [1.807, 2.05) is 0 Å². The minimum atomic E-state index is -0.242. The molecule has 1 saturated heterocycles. The van der Waals surface area contributed by atoms with Crippen LogP contribution in [0.5, 0.6) is 0 Å². The van der Waals surface area contributed by atoms with Gasteiger partial charge in [0, 0.05) is 52.4 Å². The van der Waals surface area contributed by atoms with E-state index in [-0.39, 0.29) is 23.6 Å². The maximum Gasteiger partial charge on any atom is 0.261 e. The van der Waals surface area contributed by atoms with Gasteiger partial charge in [0.15, 0.2) is 0 Å². The molecule has 2 aromatic rings. The smallest absolute Gasteiger partial charge is 0.261 e. The van der Waals surface area contributed by atoms with Gasteiger partial charge in [-0.1, -0.05) is 24.3 Å². The van der Waals surface area contributed by atoms with Crippen molar-refractivity contribution in [2.75, 3.05) is 78.8 Å². The van der Waals surface area contributed by atoms with Gasteiger partial charge in [0.25, 0.3) is 23.6 Å². The number of nitrogens with zero attached hydrogens (tertiary/aromatic N) is 4. The fraction of sp³-hybridized carbons (Fsp3) is 0.429. The van der Waals surface area contributed by atoms with Crippen molar-refractivity contribution in [2.24, 2.45) is 0 Å². The maximum atomic E-state index is 12.6. The second-order valence-electron chi connectivity index (χ2n) is 9.52. The Morgan fingerprint density at radius 2 is 0.763 bits per heavy atom. The summed E-state index contributed by atoms with van der Waals surface area (Å²) in [6.07, 6.45) is 0. The average molecular weight is 521 g/mol. The van der Waals surface area contributed by atoms with E-state index < -0.39 is 0 Å². The molecule has 2 aromatic carbocycles. The van der Waals surface area contributed by atoms with Crippen molar-refractivity contribution in [3.8, 4) is 0 Å². The Morgan fingerprint density at radius 3 is 1.05 bits per heavy atom. The van der Waals surface area contributed by atoms with Crippen LogP contribution in [0.15, 0.2) is 48.5 Å². The minimum Gasteiger partial charge on any atom is -0.379 e. The molecular formula is C28H32N4O6. The molecule has 0 unspecified atom stereocenters. The third-order valence-electron chi connectivity index (χ3n) is 7.24.